The van der Waals surface area contributed by atoms with Crippen LogP contribution in [-0.2, 0) is 9.47 Å². The second kappa shape index (κ2) is 6.74. The van der Waals surface area contributed by atoms with Crippen molar-refractivity contribution >= 4 is 6.16 Å². The Bertz CT molecular complexity index is 218. The summed E-state index contributed by atoms with van der Waals surface area (Å²) < 4.78 is 10.0. The van der Waals surface area contributed by atoms with Gasteiger partial charge < -0.3 is 15.2 Å². The van der Waals surface area contributed by atoms with Crippen molar-refractivity contribution in [3.63, 3.8) is 0 Å². The Morgan fingerprint density at radius 2 is 1.94 bits per heavy atom. The second-order valence-electron chi connectivity index (χ2n) is 4.77. The number of hydrogen-bond acceptors (Lipinski definition) is 4. The van der Waals surface area contributed by atoms with Crippen molar-refractivity contribution in [3.8, 4) is 0 Å². The van der Waals surface area contributed by atoms with Gasteiger partial charge in [-0.1, -0.05) is 12.8 Å². The summed E-state index contributed by atoms with van der Waals surface area (Å²) in [7, 11) is 0. The van der Waals surface area contributed by atoms with Crippen molar-refractivity contribution in [1.82, 2.24) is 0 Å². The number of carbonyl (C=O) groups excluding carboxylic acids is 1. The molecule has 1 aliphatic rings. The lowest BCUT2D eigenvalue weighted by molar-refractivity contribution is 0.0148. The normalized spacial score (nSPS) is 25.5. The SMILES string of the molecule is CC(C)OC(=O)OCC1CCCCC1CN. The molecular weight excluding hydrogens is 206 g/mol. The highest BCUT2D eigenvalue weighted by Crippen LogP contribution is 2.29. The van der Waals surface area contributed by atoms with Crippen LogP contribution in [0.1, 0.15) is 39.5 Å². The Hall–Kier alpha value is -0.770. The summed E-state index contributed by atoms with van der Waals surface area (Å²) in [5.41, 5.74) is 5.71. The molecule has 0 radical (unpaired) electrons. The predicted molar refractivity (Wildman–Crippen MR) is 62.1 cm³/mol. The van der Waals surface area contributed by atoms with Crippen LogP contribution in [0, 0.1) is 11.8 Å². The van der Waals surface area contributed by atoms with Gasteiger partial charge in [0, 0.05) is 0 Å². The second-order valence-corrected chi connectivity index (χ2v) is 4.77. The van der Waals surface area contributed by atoms with E-state index in [-0.39, 0.29) is 6.10 Å². The van der Waals surface area contributed by atoms with Gasteiger partial charge in [-0.15, -0.1) is 0 Å². The van der Waals surface area contributed by atoms with E-state index in [1.165, 1.54) is 12.8 Å². The molecule has 0 amide bonds. The summed E-state index contributed by atoms with van der Waals surface area (Å²) in [5.74, 6) is 0.916. The van der Waals surface area contributed by atoms with E-state index >= 15 is 0 Å². The summed E-state index contributed by atoms with van der Waals surface area (Å²) in [6.07, 6.45) is 4.04. The van der Waals surface area contributed by atoms with Crippen LogP contribution in [0.2, 0.25) is 0 Å². The molecule has 0 aromatic carbocycles. The molecule has 0 heterocycles. The van der Waals surface area contributed by atoms with Crippen molar-refractivity contribution in [2.45, 2.75) is 45.6 Å². The summed E-state index contributed by atoms with van der Waals surface area (Å²) in [4.78, 5) is 11.2. The average Bonchev–Trinajstić information content (AvgIpc) is 2.26. The van der Waals surface area contributed by atoms with Crippen LogP contribution in [0.15, 0.2) is 0 Å². The molecule has 2 atom stereocenters. The highest BCUT2D eigenvalue weighted by molar-refractivity contribution is 5.60. The van der Waals surface area contributed by atoms with Gasteiger partial charge in [-0.3, -0.25) is 0 Å². The van der Waals surface area contributed by atoms with Gasteiger partial charge in [-0.05, 0) is 45.1 Å². The maximum Gasteiger partial charge on any atom is 0.508 e. The summed E-state index contributed by atoms with van der Waals surface area (Å²) in [5, 5.41) is 0. The smallest absolute Gasteiger partial charge is 0.434 e. The molecule has 0 bridgehead atoms. The molecule has 4 heteroatoms. The Morgan fingerprint density at radius 1 is 1.31 bits per heavy atom. The van der Waals surface area contributed by atoms with Crippen LogP contribution >= 0.6 is 0 Å². The van der Waals surface area contributed by atoms with E-state index in [0.717, 1.165) is 12.8 Å². The molecule has 0 aromatic heterocycles. The van der Waals surface area contributed by atoms with Crippen LogP contribution in [0.4, 0.5) is 4.79 Å². The highest BCUT2D eigenvalue weighted by atomic mass is 16.7. The third kappa shape index (κ3) is 4.39. The summed E-state index contributed by atoms with van der Waals surface area (Å²) in [6, 6.07) is 0. The van der Waals surface area contributed by atoms with E-state index in [0.29, 0.717) is 25.0 Å². The zero-order valence-electron chi connectivity index (χ0n) is 10.3. The zero-order valence-corrected chi connectivity index (χ0v) is 10.3. The van der Waals surface area contributed by atoms with Crippen molar-refractivity contribution in [3.05, 3.63) is 0 Å². The monoisotopic (exact) mass is 229 g/mol. The lowest BCUT2D eigenvalue weighted by atomic mass is 9.80. The molecule has 16 heavy (non-hydrogen) atoms. The lowest BCUT2D eigenvalue weighted by Crippen LogP contribution is -2.31. The van der Waals surface area contributed by atoms with E-state index < -0.39 is 6.16 Å². The van der Waals surface area contributed by atoms with Gasteiger partial charge in [0.05, 0.1) is 12.7 Å². The van der Waals surface area contributed by atoms with Gasteiger partial charge in [-0.25, -0.2) is 4.79 Å². The fourth-order valence-corrected chi connectivity index (χ4v) is 2.22. The van der Waals surface area contributed by atoms with Crippen LogP contribution in [0.25, 0.3) is 0 Å². The van der Waals surface area contributed by atoms with Crippen LogP contribution < -0.4 is 5.73 Å². The minimum absolute atomic E-state index is 0.121. The van der Waals surface area contributed by atoms with Gasteiger partial charge in [0.2, 0.25) is 0 Å². The molecule has 2 unspecified atom stereocenters. The quantitative estimate of drug-likeness (QED) is 0.751. The van der Waals surface area contributed by atoms with Gasteiger partial charge in [0.1, 0.15) is 0 Å². The van der Waals surface area contributed by atoms with Crippen LogP contribution in [-0.4, -0.2) is 25.4 Å². The molecule has 0 saturated heterocycles. The molecule has 1 fully saturated rings. The first-order valence-electron chi connectivity index (χ1n) is 6.17. The van der Waals surface area contributed by atoms with Crippen molar-refractivity contribution < 1.29 is 14.3 Å². The molecule has 4 nitrogen and oxygen atoms in total. The van der Waals surface area contributed by atoms with E-state index in [4.69, 9.17) is 15.2 Å². The number of nitrogens with two attached hydrogens (primary N) is 1. The molecule has 1 saturated carbocycles. The summed E-state index contributed by atoms with van der Waals surface area (Å²) >= 11 is 0. The fraction of sp³-hybridized carbons (Fsp3) is 0.917. The first kappa shape index (κ1) is 13.3. The third-order valence-electron chi connectivity index (χ3n) is 3.12. The molecule has 0 aliphatic heterocycles. The van der Waals surface area contributed by atoms with Gasteiger partial charge >= 0.3 is 6.16 Å². The van der Waals surface area contributed by atoms with Crippen LogP contribution in [0.3, 0.4) is 0 Å². The maximum absolute atomic E-state index is 11.2. The van der Waals surface area contributed by atoms with E-state index in [9.17, 15) is 4.79 Å². The summed E-state index contributed by atoms with van der Waals surface area (Å²) in [6.45, 7) is 4.76. The van der Waals surface area contributed by atoms with Crippen molar-refractivity contribution in [1.29, 1.82) is 0 Å². The third-order valence-corrected chi connectivity index (χ3v) is 3.12. The molecule has 1 rings (SSSR count). The van der Waals surface area contributed by atoms with Crippen molar-refractivity contribution in [2.75, 3.05) is 13.2 Å². The predicted octanol–water partition coefficient (Wildman–Crippen LogP) is 2.31. The largest absolute Gasteiger partial charge is 0.508 e. The van der Waals surface area contributed by atoms with Crippen LogP contribution in [0.5, 0.6) is 0 Å². The molecule has 1 aliphatic carbocycles. The topological polar surface area (TPSA) is 61.5 Å². The molecule has 0 aromatic rings. The van der Waals surface area contributed by atoms with Gasteiger partial charge in [0.25, 0.3) is 0 Å². The molecule has 0 spiro atoms. The van der Waals surface area contributed by atoms with E-state index in [1.54, 1.807) is 0 Å². The van der Waals surface area contributed by atoms with Gasteiger partial charge in [-0.2, -0.15) is 0 Å². The van der Waals surface area contributed by atoms with E-state index in [1.807, 2.05) is 13.8 Å². The molecular formula is C12H23NO3. The fourth-order valence-electron chi connectivity index (χ4n) is 2.22. The number of ether oxygens (including phenoxy) is 2. The van der Waals surface area contributed by atoms with Crippen molar-refractivity contribution in [2.24, 2.45) is 17.6 Å². The first-order chi connectivity index (χ1) is 7.63. The molecule has 2 N–H and O–H groups in total. The standard InChI is InChI=1S/C12H23NO3/c1-9(2)16-12(14)15-8-11-6-4-3-5-10(11)7-13/h9-11H,3-8,13H2,1-2H3. The number of hydrogen-bond donors (Lipinski definition) is 1. The minimum atomic E-state index is -0.559. The number of carbonyl (C=O) groups is 1. The minimum Gasteiger partial charge on any atom is -0.434 e. The molecule has 94 valence electrons. The van der Waals surface area contributed by atoms with E-state index in [2.05, 4.69) is 0 Å². The first-order valence-corrected chi connectivity index (χ1v) is 6.17. The van der Waals surface area contributed by atoms with Gasteiger partial charge in [0.15, 0.2) is 0 Å². The highest BCUT2D eigenvalue weighted by Gasteiger charge is 2.25. The Labute approximate surface area is 97.5 Å². The lowest BCUT2D eigenvalue weighted by Gasteiger charge is -2.29. The average molecular weight is 229 g/mol. The zero-order chi connectivity index (χ0) is 12.0. The number of rotatable bonds is 4. The maximum atomic E-state index is 11.2. The Balaban J connectivity index is 2.27. The Morgan fingerprint density at radius 3 is 2.50 bits per heavy atom. The Kier molecular flexibility index (Phi) is 5.60.